The van der Waals surface area contributed by atoms with Crippen molar-refractivity contribution in [3.05, 3.63) is 47.5 Å². The number of fused-ring (bicyclic) bond motifs is 5. The molecule has 0 heterocycles. The molecular weight excluding hydrogens is 192 g/mol. The predicted octanol–water partition coefficient (Wildman–Crippen LogP) is 3.86. The van der Waals surface area contributed by atoms with Gasteiger partial charge in [0.25, 0.3) is 0 Å². The van der Waals surface area contributed by atoms with Gasteiger partial charge in [0.1, 0.15) is 0 Å². The van der Waals surface area contributed by atoms with E-state index in [2.05, 4.69) is 36.4 Å². The lowest BCUT2D eigenvalue weighted by Crippen LogP contribution is -2.34. The second-order valence-electron chi connectivity index (χ2n) is 5.86. The van der Waals surface area contributed by atoms with Crippen LogP contribution < -0.4 is 0 Å². The van der Waals surface area contributed by atoms with Crippen LogP contribution in [0.25, 0.3) is 0 Å². The zero-order valence-corrected chi connectivity index (χ0v) is 9.65. The van der Waals surface area contributed by atoms with Gasteiger partial charge in [0.15, 0.2) is 0 Å². The van der Waals surface area contributed by atoms with Crippen LogP contribution in [0.15, 0.2) is 36.4 Å². The van der Waals surface area contributed by atoms with Gasteiger partial charge in [-0.3, -0.25) is 0 Å². The fourth-order valence-electron chi connectivity index (χ4n) is 4.51. The number of benzene rings is 1. The Balaban J connectivity index is 1.89. The van der Waals surface area contributed by atoms with Crippen LogP contribution in [-0.2, 0) is 11.8 Å². The van der Waals surface area contributed by atoms with Crippen molar-refractivity contribution >= 4 is 0 Å². The van der Waals surface area contributed by atoms with Crippen LogP contribution in [0.4, 0.5) is 0 Å². The van der Waals surface area contributed by atoms with Crippen molar-refractivity contribution in [2.24, 2.45) is 11.8 Å². The molecule has 0 aromatic heterocycles. The van der Waals surface area contributed by atoms with Gasteiger partial charge in [-0.2, -0.15) is 0 Å². The molecular formula is C16H18. The summed E-state index contributed by atoms with van der Waals surface area (Å²) in [6, 6.07) is 9.21. The Bertz CT molecular complexity index is 457. The minimum Gasteiger partial charge on any atom is -0.0851 e. The molecule has 82 valence electrons. The topological polar surface area (TPSA) is 0 Å². The van der Waals surface area contributed by atoms with Crippen molar-refractivity contribution in [3.63, 3.8) is 0 Å². The summed E-state index contributed by atoms with van der Waals surface area (Å²) < 4.78 is 0. The SMILES string of the molecule is C1=CC2CC1CC21CCCc2ccccc21. The molecule has 1 aromatic carbocycles. The van der Waals surface area contributed by atoms with Crippen LogP contribution in [0.2, 0.25) is 0 Å². The van der Waals surface area contributed by atoms with Crippen LogP contribution in [0.1, 0.15) is 36.8 Å². The molecule has 0 nitrogen and oxygen atoms in total. The summed E-state index contributed by atoms with van der Waals surface area (Å²) in [6.07, 6.45) is 11.9. The molecule has 1 aromatic rings. The molecule has 0 radical (unpaired) electrons. The third-order valence-corrected chi connectivity index (χ3v) is 5.13. The molecule has 1 fully saturated rings. The third kappa shape index (κ3) is 1.00. The van der Waals surface area contributed by atoms with E-state index >= 15 is 0 Å². The average Bonchev–Trinajstić information content (AvgIpc) is 2.90. The van der Waals surface area contributed by atoms with E-state index in [1.807, 2.05) is 0 Å². The highest BCUT2D eigenvalue weighted by atomic mass is 14.5. The summed E-state index contributed by atoms with van der Waals surface area (Å²) in [5.41, 5.74) is 3.86. The maximum Gasteiger partial charge on any atom is 0.00243 e. The first kappa shape index (κ1) is 9.04. The molecule has 0 amide bonds. The van der Waals surface area contributed by atoms with E-state index in [1.54, 1.807) is 11.1 Å². The summed E-state index contributed by atoms with van der Waals surface area (Å²) in [5, 5.41) is 0. The highest BCUT2D eigenvalue weighted by molar-refractivity contribution is 5.41. The van der Waals surface area contributed by atoms with Gasteiger partial charge in [-0.05, 0) is 55.1 Å². The van der Waals surface area contributed by atoms with Gasteiger partial charge in [-0.1, -0.05) is 36.4 Å². The second kappa shape index (κ2) is 3.00. The number of rotatable bonds is 0. The van der Waals surface area contributed by atoms with E-state index in [-0.39, 0.29) is 0 Å². The summed E-state index contributed by atoms with van der Waals surface area (Å²) in [6.45, 7) is 0. The van der Waals surface area contributed by atoms with Crippen LogP contribution in [0.5, 0.6) is 0 Å². The Labute approximate surface area is 97.4 Å². The number of allylic oxidation sites excluding steroid dienone is 2. The Kier molecular flexibility index (Phi) is 1.69. The van der Waals surface area contributed by atoms with Gasteiger partial charge in [0.2, 0.25) is 0 Å². The quantitative estimate of drug-likeness (QED) is 0.570. The standard InChI is InChI=1S/C16H18/c1-2-6-15-13(4-1)5-3-9-16(15)11-12-7-8-14(16)10-12/h1-2,4,6-8,12,14H,3,5,9-11H2. The fraction of sp³-hybridized carbons (Fsp3) is 0.500. The number of hydrogen-bond acceptors (Lipinski definition) is 0. The molecule has 1 saturated carbocycles. The van der Waals surface area contributed by atoms with Crippen molar-refractivity contribution in [3.8, 4) is 0 Å². The highest BCUT2D eigenvalue weighted by Crippen LogP contribution is 2.57. The van der Waals surface area contributed by atoms with Crippen LogP contribution in [0, 0.1) is 11.8 Å². The van der Waals surface area contributed by atoms with Gasteiger partial charge < -0.3 is 0 Å². The summed E-state index contributed by atoms with van der Waals surface area (Å²) in [4.78, 5) is 0. The molecule has 3 aliphatic rings. The molecule has 0 saturated heterocycles. The van der Waals surface area contributed by atoms with Gasteiger partial charge in [0, 0.05) is 5.41 Å². The van der Waals surface area contributed by atoms with E-state index in [0.717, 1.165) is 11.8 Å². The Morgan fingerprint density at radius 3 is 2.88 bits per heavy atom. The van der Waals surface area contributed by atoms with E-state index in [1.165, 1.54) is 32.1 Å². The molecule has 0 aliphatic heterocycles. The summed E-state index contributed by atoms with van der Waals surface area (Å²) in [5.74, 6) is 1.73. The molecule has 0 heteroatoms. The molecule has 3 atom stereocenters. The fourth-order valence-corrected chi connectivity index (χ4v) is 4.51. The van der Waals surface area contributed by atoms with Crippen molar-refractivity contribution in [2.45, 2.75) is 37.5 Å². The monoisotopic (exact) mass is 210 g/mol. The summed E-state index contributed by atoms with van der Waals surface area (Å²) >= 11 is 0. The lowest BCUT2D eigenvalue weighted by Gasteiger charge is -2.41. The van der Waals surface area contributed by atoms with Gasteiger partial charge >= 0.3 is 0 Å². The minimum absolute atomic E-state index is 0.536. The van der Waals surface area contributed by atoms with Gasteiger partial charge in [-0.15, -0.1) is 0 Å². The molecule has 3 aliphatic carbocycles. The maximum absolute atomic E-state index is 2.51. The zero-order valence-electron chi connectivity index (χ0n) is 9.65. The maximum atomic E-state index is 2.51. The molecule has 3 unspecified atom stereocenters. The van der Waals surface area contributed by atoms with Crippen LogP contribution in [0.3, 0.4) is 0 Å². The van der Waals surface area contributed by atoms with Crippen LogP contribution >= 0.6 is 0 Å². The van der Waals surface area contributed by atoms with E-state index in [4.69, 9.17) is 0 Å². The van der Waals surface area contributed by atoms with Crippen molar-refractivity contribution < 1.29 is 0 Å². The molecule has 16 heavy (non-hydrogen) atoms. The number of aryl methyl sites for hydroxylation is 1. The molecule has 1 spiro atoms. The highest BCUT2D eigenvalue weighted by Gasteiger charge is 2.50. The summed E-state index contributed by atoms with van der Waals surface area (Å²) in [7, 11) is 0. The van der Waals surface area contributed by atoms with E-state index in [9.17, 15) is 0 Å². The Hall–Kier alpha value is -1.04. The molecule has 4 rings (SSSR count). The van der Waals surface area contributed by atoms with Crippen molar-refractivity contribution in [2.75, 3.05) is 0 Å². The Morgan fingerprint density at radius 1 is 1.12 bits per heavy atom. The zero-order chi connectivity index (χ0) is 10.6. The first-order chi connectivity index (χ1) is 7.88. The predicted molar refractivity (Wildman–Crippen MR) is 66.4 cm³/mol. The number of hydrogen-bond donors (Lipinski definition) is 0. The van der Waals surface area contributed by atoms with Crippen LogP contribution in [-0.4, -0.2) is 0 Å². The smallest absolute Gasteiger partial charge is 0.00243 e. The van der Waals surface area contributed by atoms with E-state index < -0.39 is 0 Å². The van der Waals surface area contributed by atoms with Crippen molar-refractivity contribution in [1.82, 2.24) is 0 Å². The largest absolute Gasteiger partial charge is 0.0851 e. The minimum atomic E-state index is 0.536. The lowest BCUT2D eigenvalue weighted by atomic mass is 9.63. The molecule has 0 N–H and O–H groups in total. The third-order valence-electron chi connectivity index (χ3n) is 5.13. The van der Waals surface area contributed by atoms with Crippen molar-refractivity contribution in [1.29, 1.82) is 0 Å². The molecule has 2 bridgehead atoms. The normalized spacial score (nSPS) is 39.2. The first-order valence-corrected chi connectivity index (χ1v) is 6.65. The van der Waals surface area contributed by atoms with E-state index in [0.29, 0.717) is 5.41 Å². The van der Waals surface area contributed by atoms with Gasteiger partial charge in [-0.25, -0.2) is 0 Å². The Morgan fingerprint density at radius 2 is 2.06 bits per heavy atom. The lowest BCUT2D eigenvalue weighted by molar-refractivity contribution is 0.303. The van der Waals surface area contributed by atoms with Gasteiger partial charge in [0.05, 0.1) is 0 Å². The first-order valence-electron chi connectivity index (χ1n) is 6.65. The average molecular weight is 210 g/mol. The second-order valence-corrected chi connectivity index (χ2v) is 5.86.